The first-order valence-corrected chi connectivity index (χ1v) is 6.88. The standard InChI is InChI=1S/C13H24N4O/c1-10(2)8-12-15-13(18-16-12)9-17-6-4-11(14-3)5-7-17/h10-11,14H,4-9H2,1-3H3. The second kappa shape index (κ2) is 6.29. The van der Waals surface area contributed by atoms with Gasteiger partial charge in [0, 0.05) is 25.6 Å². The molecule has 0 atom stereocenters. The molecule has 2 rings (SSSR count). The third-order valence-electron chi connectivity index (χ3n) is 3.46. The molecule has 0 spiro atoms. The van der Waals surface area contributed by atoms with Crippen LogP contribution in [0.25, 0.3) is 0 Å². The van der Waals surface area contributed by atoms with Crippen molar-refractivity contribution in [2.24, 2.45) is 5.92 Å². The molecule has 0 bridgehead atoms. The molecule has 1 N–H and O–H groups in total. The molecule has 1 aliphatic heterocycles. The number of hydrogen-bond donors (Lipinski definition) is 1. The summed E-state index contributed by atoms with van der Waals surface area (Å²) in [5, 5.41) is 7.36. The number of rotatable bonds is 5. The number of piperidine rings is 1. The van der Waals surface area contributed by atoms with Gasteiger partial charge in [0.1, 0.15) is 0 Å². The predicted octanol–water partition coefficient (Wildman–Crippen LogP) is 1.45. The van der Waals surface area contributed by atoms with E-state index in [4.69, 9.17) is 4.52 Å². The largest absolute Gasteiger partial charge is 0.338 e. The molecule has 1 saturated heterocycles. The second-order valence-corrected chi connectivity index (χ2v) is 5.54. The zero-order valence-corrected chi connectivity index (χ0v) is 11.6. The van der Waals surface area contributed by atoms with Gasteiger partial charge in [0.2, 0.25) is 5.89 Å². The van der Waals surface area contributed by atoms with Crippen LogP contribution in [-0.4, -0.2) is 41.2 Å². The Bertz CT molecular complexity index is 356. The van der Waals surface area contributed by atoms with E-state index < -0.39 is 0 Å². The molecular weight excluding hydrogens is 228 g/mol. The van der Waals surface area contributed by atoms with Crippen molar-refractivity contribution < 1.29 is 4.52 Å². The Kier molecular flexibility index (Phi) is 4.72. The number of nitrogens with zero attached hydrogens (tertiary/aromatic N) is 3. The van der Waals surface area contributed by atoms with Gasteiger partial charge in [0.15, 0.2) is 5.82 Å². The highest BCUT2D eigenvalue weighted by molar-refractivity contribution is 4.88. The first-order chi connectivity index (χ1) is 8.67. The van der Waals surface area contributed by atoms with Crippen LogP contribution < -0.4 is 5.32 Å². The van der Waals surface area contributed by atoms with Crippen molar-refractivity contribution in [1.29, 1.82) is 0 Å². The summed E-state index contributed by atoms with van der Waals surface area (Å²) in [6.45, 7) is 7.33. The van der Waals surface area contributed by atoms with Crippen LogP contribution in [0, 0.1) is 5.92 Å². The van der Waals surface area contributed by atoms with Crippen LogP contribution in [0.3, 0.4) is 0 Å². The maximum atomic E-state index is 5.30. The minimum atomic E-state index is 0.571. The maximum Gasteiger partial charge on any atom is 0.240 e. The van der Waals surface area contributed by atoms with Crippen LogP contribution in [0.5, 0.6) is 0 Å². The van der Waals surface area contributed by atoms with Crippen LogP contribution in [0.15, 0.2) is 4.52 Å². The Morgan fingerprint density at radius 2 is 2.11 bits per heavy atom. The minimum absolute atomic E-state index is 0.571. The molecule has 0 aromatic carbocycles. The van der Waals surface area contributed by atoms with E-state index in [0.29, 0.717) is 12.0 Å². The van der Waals surface area contributed by atoms with Crippen molar-refractivity contribution in [2.75, 3.05) is 20.1 Å². The Hall–Kier alpha value is -0.940. The monoisotopic (exact) mass is 252 g/mol. The molecule has 1 aromatic rings. The minimum Gasteiger partial charge on any atom is -0.338 e. The van der Waals surface area contributed by atoms with E-state index in [1.807, 2.05) is 7.05 Å². The fourth-order valence-electron chi connectivity index (χ4n) is 2.37. The molecule has 18 heavy (non-hydrogen) atoms. The molecule has 0 aliphatic carbocycles. The molecule has 1 aromatic heterocycles. The first kappa shape index (κ1) is 13.5. The highest BCUT2D eigenvalue weighted by Gasteiger charge is 2.19. The lowest BCUT2D eigenvalue weighted by Gasteiger charge is -2.30. The van der Waals surface area contributed by atoms with Gasteiger partial charge in [-0.2, -0.15) is 4.98 Å². The molecule has 1 fully saturated rings. The summed E-state index contributed by atoms with van der Waals surface area (Å²) in [5.41, 5.74) is 0. The Morgan fingerprint density at radius 1 is 1.39 bits per heavy atom. The Labute approximate surface area is 109 Å². The second-order valence-electron chi connectivity index (χ2n) is 5.54. The van der Waals surface area contributed by atoms with Crippen LogP contribution in [0.4, 0.5) is 0 Å². The van der Waals surface area contributed by atoms with Crippen molar-refractivity contribution in [2.45, 2.75) is 45.7 Å². The molecule has 0 amide bonds. The summed E-state index contributed by atoms with van der Waals surface area (Å²) >= 11 is 0. The SMILES string of the molecule is CNC1CCN(Cc2nc(CC(C)C)no2)CC1. The smallest absolute Gasteiger partial charge is 0.240 e. The van der Waals surface area contributed by atoms with Crippen molar-refractivity contribution >= 4 is 0 Å². The van der Waals surface area contributed by atoms with E-state index in [1.165, 1.54) is 12.8 Å². The molecule has 0 radical (unpaired) electrons. The molecular formula is C13H24N4O. The summed E-state index contributed by atoms with van der Waals surface area (Å²) in [7, 11) is 2.04. The van der Waals surface area contributed by atoms with Gasteiger partial charge in [0.05, 0.1) is 6.54 Å². The Morgan fingerprint density at radius 3 is 2.72 bits per heavy atom. The average molecular weight is 252 g/mol. The topological polar surface area (TPSA) is 54.2 Å². The highest BCUT2D eigenvalue weighted by Crippen LogP contribution is 2.13. The van der Waals surface area contributed by atoms with E-state index >= 15 is 0 Å². The first-order valence-electron chi connectivity index (χ1n) is 6.88. The van der Waals surface area contributed by atoms with E-state index in [0.717, 1.165) is 37.8 Å². The summed E-state index contributed by atoms with van der Waals surface area (Å²) < 4.78 is 5.30. The highest BCUT2D eigenvalue weighted by atomic mass is 16.5. The molecule has 102 valence electrons. The predicted molar refractivity (Wildman–Crippen MR) is 70.2 cm³/mol. The van der Waals surface area contributed by atoms with Gasteiger partial charge in [-0.1, -0.05) is 19.0 Å². The molecule has 0 unspecified atom stereocenters. The number of hydrogen-bond acceptors (Lipinski definition) is 5. The summed E-state index contributed by atoms with van der Waals surface area (Å²) in [4.78, 5) is 6.84. The Balaban J connectivity index is 1.81. The number of nitrogens with one attached hydrogen (secondary N) is 1. The zero-order chi connectivity index (χ0) is 13.0. The van der Waals surface area contributed by atoms with E-state index in [-0.39, 0.29) is 0 Å². The third kappa shape index (κ3) is 3.78. The molecule has 5 heteroatoms. The molecule has 2 heterocycles. The van der Waals surface area contributed by atoms with E-state index in [1.54, 1.807) is 0 Å². The molecule has 0 saturated carbocycles. The number of likely N-dealkylation sites (tertiary alicyclic amines) is 1. The van der Waals surface area contributed by atoms with Gasteiger partial charge < -0.3 is 9.84 Å². The lowest BCUT2D eigenvalue weighted by atomic mass is 10.1. The molecule has 5 nitrogen and oxygen atoms in total. The number of aromatic nitrogens is 2. The fourth-order valence-corrected chi connectivity index (χ4v) is 2.37. The average Bonchev–Trinajstić information content (AvgIpc) is 2.76. The van der Waals surface area contributed by atoms with Crippen LogP contribution >= 0.6 is 0 Å². The van der Waals surface area contributed by atoms with Crippen molar-refractivity contribution in [3.8, 4) is 0 Å². The normalized spacial score (nSPS) is 18.7. The summed E-state index contributed by atoms with van der Waals surface area (Å²) in [5.74, 6) is 2.17. The van der Waals surface area contributed by atoms with Crippen molar-refractivity contribution in [3.05, 3.63) is 11.7 Å². The van der Waals surface area contributed by atoms with Crippen molar-refractivity contribution in [3.63, 3.8) is 0 Å². The van der Waals surface area contributed by atoms with Crippen molar-refractivity contribution in [1.82, 2.24) is 20.4 Å². The van der Waals surface area contributed by atoms with Gasteiger partial charge in [-0.25, -0.2) is 0 Å². The lowest BCUT2D eigenvalue weighted by molar-refractivity contribution is 0.173. The lowest BCUT2D eigenvalue weighted by Crippen LogP contribution is -2.40. The van der Waals surface area contributed by atoms with Gasteiger partial charge in [-0.05, 0) is 25.8 Å². The summed E-state index contributed by atoms with van der Waals surface area (Å²) in [6.07, 6.45) is 3.29. The zero-order valence-electron chi connectivity index (χ0n) is 11.6. The van der Waals surface area contributed by atoms with Gasteiger partial charge in [0.25, 0.3) is 0 Å². The quantitative estimate of drug-likeness (QED) is 0.859. The van der Waals surface area contributed by atoms with Gasteiger partial charge in [-0.3, -0.25) is 4.90 Å². The van der Waals surface area contributed by atoms with Gasteiger partial charge in [-0.15, -0.1) is 0 Å². The fraction of sp³-hybridized carbons (Fsp3) is 0.846. The maximum absolute atomic E-state index is 5.30. The summed E-state index contributed by atoms with van der Waals surface area (Å²) in [6, 6.07) is 0.667. The van der Waals surface area contributed by atoms with Crippen LogP contribution in [0.1, 0.15) is 38.4 Å². The van der Waals surface area contributed by atoms with E-state index in [9.17, 15) is 0 Å². The molecule has 1 aliphatic rings. The van der Waals surface area contributed by atoms with Gasteiger partial charge >= 0.3 is 0 Å². The third-order valence-corrected chi connectivity index (χ3v) is 3.46. The van der Waals surface area contributed by atoms with E-state index in [2.05, 4.69) is 34.2 Å². The van der Waals surface area contributed by atoms with Crippen LogP contribution in [-0.2, 0) is 13.0 Å². The van der Waals surface area contributed by atoms with Crippen LogP contribution in [0.2, 0.25) is 0 Å².